The van der Waals surface area contributed by atoms with E-state index in [0.717, 1.165) is 22.3 Å². The summed E-state index contributed by atoms with van der Waals surface area (Å²) in [5.41, 5.74) is 4.76. The van der Waals surface area contributed by atoms with E-state index in [-0.39, 0.29) is 26.4 Å². The molecule has 0 amide bonds. The van der Waals surface area contributed by atoms with E-state index in [4.69, 9.17) is 23.7 Å². The Kier molecular flexibility index (Phi) is 11.7. The van der Waals surface area contributed by atoms with E-state index in [1.807, 2.05) is 48.5 Å². The number of benzene rings is 3. The van der Waals surface area contributed by atoms with Gasteiger partial charge in [-0.2, -0.15) is 0 Å². The predicted octanol–water partition coefficient (Wildman–Crippen LogP) is 6.29. The van der Waals surface area contributed by atoms with E-state index in [1.165, 1.54) is 0 Å². The molecule has 3 aromatic carbocycles. The van der Waals surface area contributed by atoms with Gasteiger partial charge in [0.1, 0.15) is 37.1 Å². The van der Waals surface area contributed by atoms with Crippen LogP contribution in [0.3, 0.4) is 0 Å². The first kappa shape index (κ1) is 31.9. The summed E-state index contributed by atoms with van der Waals surface area (Å²) in [6.07, 6.45) is -1.06. The summed E-state index contributed by atoms with van der Waals surface area (Å²) in [4.78, 5) is 23.5. The Bertz CT molecular complexity index is 1440. The SMILES string of the molecule is C=C(C)C(=O)OCCOc1cc(OCCOC(O)C(=C)C)cc(-c2cccc(-c3ccc(OC(=O)C(=C)C)cc3)c2)c1. The summed E-state index contributed by atoms with van der Waals surface area (Å²) in [5, 5.41) is 9.79. The molecule has 0 aliphatic heterocycles. The highest BCUT2D eigenvalue weighted by Crippen LogP contribution is 2.33. The van der Waals surface area contributed by atoms with E-state index in [0.29, 0.717) is 34.0 Å². The lowest BCUT2D eigenvalue weighted by atomic mass is 9.98. The minimum Gasteiger partial charge on any atom is -0.491 e. The van der Waals surface area contributed by atoms with Gasteiger partial charge in [-0.25, -0.2) is 9.59 Å². The van der Waals surface area contributed by atoms with Crippen LogP contribution in [0.15, 0.2) is 103 Å². The number of hydrogen-bond donors (Lipinski definition) is 1. The van der Waals surface area contributed by atoms with Gasteiger partial charge in [0, 0.05) is 17.2 Å². The molecule has 1 atom stereocenters. The third kappa shape index (κ3) is 9.76. The molecule has 8 nitrogen and oxygen atoms in total. The largest absolute Gasteiger partial charge is 0.491 e. The van der Waals surface area contributed by atoms with Gasteiger partial charge in [0.15, 0.2) is 6.29 Å². The fraction of sp³-hybridized carbons (Fsp3) is 0.235. The summed E-state index contributed by atoms with van der Waals surface area (Å²) in [6, 6.07) is 20.6. The van der Waals surface area contributed by atoms with Crippen molar-refractivity contribution >= 4 is 11.9 Å². The van der Waals surface area contributed by atoms with Crippen molar-refractivity contribution in [2.45, 2.75) is 27.1 Å². The van der Waals surface area contributed by atoms with Gasteiger partial charge in [-0.05, 0) is 78.9 Å². The Balaban J connectivity index is 1.80. The van der Waals surface area contributed by atoms with Crippen molar-refractivity contribution in [3.8, 4) is 39.5 Å². The quantitative estimate of drug-likeness (QED) is 0.0566. The van der Waals surface area contributed by atoms with E-state index in [9.17, 15) is 14.7 Å². The lowest BCUT2D eigenvalue weighted by Gasteiger charge is -2.15. The highest BCUT2D eigenvalue weighted by atomic mass is 16.6. The van der Waals surface area contributed by atoms with E-state index < -0.39 is 18.2 Å². The maximum atomic E-state index is 11.8. The second-order valence-corrected chi connectivity index (χ2v) is 9.65. The van der Waals surface area contributed by atoms with Crippen molar-refractivity contribution in [3.05, 3.63) is 103 Å². The molecule has 8 heteroatoms. The third-order valence-electron chi connectivity index (χ3n) is 5.81. The lowest BCUT2D eigenvalue weighted by molar-refractivity contribution is -0.139. The highest BCUT2D eigenvalue weighted by Gasteiger charge is 2.11. The summed E-state index contributed by atoms with van der Waals surface area (Å²) in [7, 11) is 0. The number of esters is 2. The zero-order valence-corrected chi connectivity index (χ0v) is 24.2. The fourth-order valence-corrected chi connectivity index (χ4v) is 3.57. The van der Waals surface area contributed by atoms with Crippen LogP contribution in [-0.4, -0.2) is 49.8 Å². The molecule has 0 saturated carbocycles. The minimum atomic E-state index is -1.06. The number of aliphatic hydroxyl groups excluding tert-OH is 1. The molecule has 0 aliphatic rings. The molecule has 0 bridgehead atoms. The van der Waals surface area contributed by atoms with Crippen molar-refractivity contribution in [3.63, 3.8) is 0 Å². The summed E-state index contributed by atoms with van der Waals surface area (Å²) in [6.45, 7) is 16.2. The Morgan fingerprint density at radius 2 is 1.24 bits per heavy atom. The Morgan fingerprint density at radius 3 is 1.81 bits per heavy atom. The molecule has 0 aliphatic carbocycles. The molecule has 0 heterocycles. The molecule has 220 valence electrons. The summed E-state index contributed by atoms with van der Waals surface area (Å²) < 4.78 is 27.5. The first-order chi connectivity index (χ1) is 20.0. The standard InChI is InChI=1S/C34H36O8/c1-22(2)32(35)40-16-14-38-30-19-28(20-31(21-30)39-15-17-41-33(36)23(3)4)27-9-7-8-26(18-27)25-10-12-29(13-11-25)42-34(37)24(5)6/h7-13,18-21,32,35H,1,3,5,14-17H2,2,4,6H3. The molecular formula is C34H36O8. The molecule has 0 saturated heterocycles. The molecule has 0 aromatic heterocycles. The number of hydrogen-bond acceptors (Lipinski definition) is 8. The van der Waals surface area contributed by atoms with Gasteiger partial charge in [-0.3, -0.25) is 0 Å². The van der Waals surface area contributed by atoms with Crippen LogP contribution in [-0.2, 0) is 19.1 Å². The molecule has 0 fully saturated rings. The smallest absolute Gasteiger partial charge is 0.338 e. The number of carbonyl (C=O) groups excluding carboxylic acids is 2. The zero-order valence-electron chi connectivity index (χ0n) is 24.2. The van der Waals surface area contributed by atoms with Gasteiger partial charge in [0.05, 0.1) is 6.61 Å². The second-order valence-electron chi connectivity index (χ2n) is 9.65. The molecule has 0 radical (unpaired) electrons. The van der Waals surface area contributed by atoms with Crippen LogP contribution in [0, 0.1) is 0 Å². The average Bonchev–Trinajstić information content (AvgIpc) is 2.97. The average molecular weight is 573 g/mol. The van der Waals surface area contributed by atoms with Gasteiger partial charge < -0.3 is 28.8 Å². The van der Waals surface area contributed by atoms with Crippen molar-refractivity contribution in [1.82, 2.24) is 0 Å². The zero-order chi connectivity index (χ0) is 30.6. The van der Waals surface area contributed by atoms with Gasteiger partial charge >= 0.3 is 11.9 Å². The highest BCUT2D eigenvalue weighted by molar-refractivity contribution is 5.89. The van der Waals surface area contributed by atoms with Crippen LogP contribution < -0.4 is 14.2 Å². The third-order valence-corrected chi connectivity index (χ3v) is 5.81. The van der Waals surface area contributed by atoms with Gasteiger partial charge in [0.25, 0.3) is 0 Å². The Morgan fingerprint density at radius 1 is 0.667 bits per heavy atom. The van der Waals surface area contributed by atoms with Gasteiger partial charge in [-0.15, -0.1) is 0 Å². The van der Waals surface area contributed by atoms with Crippen LogP contribution in [0.5, 0.6) is 17.2 Å². The van der Waals surface area contributed by atoms with E-state index in [1.54, 1.807) is 39.0 Å². The van der Waals surface area contributed by atoms with Crippen LogP contribution >= 0.6 is 0 Å². The van der Waals surface area contributed by atoms with Crippen LogP contribution in [0.1, 0.15) is 20.8 Å². The molecule has 1 unspecified atom stereocenters. The van der Waals surface area contributed by atoms with Crippen LogP contribution in [0.4, 0.5) is 0 Å². The molecule has 42 heavy (non-hydrogen) atoms. The maximum absolute atomic E-state index is 11.8. The number of aliphatic hydroxyl groups is 1. The van der Waals surface area contributed by atoms with Gasteiger partial charge in [0.2, 0.25) is 0 Å². The van der Waals surface area contributed by atoms with Crippen LogP contribution in [0.25, 0.3) is 22.3 Å². The first-order valence-electron chi connectivity index (χ1n) is 13.3. The number of ether oxygens (including phenoxy) is 5. The van der Waals surface area contributed by atoms with Crippen molar-refractivity contribution in [1.29, 1.82) is 0 Å². The monoisotopic (exact) mass is 572 g/mol. The fourth-order valence-electron chi connectivity index (χ4n) is 3.57. The van der Waals surface area contributed by atoms with E-state index >= 15 is 0 Å². The predicted molar refractivity (Wildman–Crippen MR) is 161 cm³/mol. The van der Waals surface area contributed by atoms with Crippen molar-refractivity contribution < 1.29 is 38.4 Å². The molecule has 3 aromatic rings. The molecular weight excluding hydrogens is 536 g/mol. The first-order valence-corrected chi connectivity index (χ1v) is 13.3. The van der Waals surface area contributed by atoms with E-state index in [2.05, 4.69) is 19.7 Å². The molecule has 3 rings (SSSR count). The van der Waals surface area contributed by atoms with Gasteiger partial charge in [-0.1, -0.05) is 50.1 Å². The normalized spacial score (nSPS) is 11.2. The maximum Gasteiger partial charge on any atom is 0.338 e. The molecule has 1 N–H and O–H groups in total. The Labute approximate surface area is 246 Å². The minimum absolute atomic E-state index is 0.0614. The number of carbonyl (C=O) groups is 2. The Hall–Kier alpha value is -4.66. The topological polar surface area (TPSA) is 101 Å². The lowest BCUT2D eigenvalue weighted by Crippen LogP contribution is -2.17. The second kappa shape index (κ2) is 15.4. The number of rotatable bonds is 15. The molecule has 0 spiro atoms. The van der Waals surface area contributed by atoms with Crippen molar-refractivity contribution in [2.24, 2.45) is 0 Å². The van der Waals surface area contributed by atoms with Crippen molar-refractivity contribution in [2.75, 3.05) is 26.4 Å². The summed E-state index contributed by atoms with van der Waals surface area (Å²) >= 11 is 0. The summed E-state index contributed by atoms with van der Waals surface area (Å²) in [5.74, 6) is 0.530. The van der Waals surface area contributed by atoms with Crippen LogP contribution in [0.2, 0.25) is 0 Å².